The second-order valence-electron chi connectivity index (χ2n) is 8.02. The van der Waals surface area contributed by atoms with Crippen molar-refractivity contribution < 1.29 is 14.3 Å². The summed E-state index contributed by atoms with van der Waals surface area (Å²) in [5.74, 6) is 2.26. The summed E-state index contributed by atoms with van der Waals surface area (Å²) in [5, 5.41) is 9.78. The molecule has 2 aromatic heterocycles. The van der Waals surface area contributed by atoms with Crippen LogP contribution in [0.25, 0.3) is 22.7 Å². The molecule has 0 fully saturated rings. The molecule has 0 aliphatic carbocycles. The van der Waals surface area contributed by atoms with E-state index in [-0.39, 0.29) is 13.2 Å². The molecule has 0 spiro atoms. The second-order valence-corrected chi connectivity index (χ2v) is 8.02. The van der Waals surface area contributed by atoms with E-state index in [1.807, 2.05) is 13.1 Å². The first-order chi connectivity index (χ1) is 15.4. The van der Waals surface area contributed by atoms with E-state index < -0.39 is 6.10 Å². The van der Waals surface area contributed by atoms with Crippen LogP contribution in [-0.4, -0.2) is 34.3 Å². The molecule has 1 atom stereocenters. The molecule has 0 bridgehead atoms. The molecular weight excluding hydrogens is 402 g/mol. The van der Waals surface area contributed by atoms with E-state index in [0.717, 1.165) is 70.8 Å². The highest BCUT2D eigenvalue weighted by molar-refractivity contribution is 5.69. The number of rotatable bonds is 10. The molecule has 0 aliphatic rings. The molecule has 0 amide bonds. The number of pyridine rings is 1. The summed E-state index contributed by atoms with van der Waals surface area (Å²) in [7, 11) is 0. The Morgan fingerprint density at radius 3 is 2.34 bits per heavy atom. The van der Waals surface area contributed by atoms with Gasteiger partial charge in [0.1, 0.15) is 29.9 Å². The van der Waals surface area contributed by atoms with Crippen molar-refractivity contribution in [2.75, 3.05) is 13.2 Å². The number of nitrogens with zero attached hydrogens (tertiary/aromatic N) is 2. The molecule has 0 radical (unpaired) electrons. The van der Waals surface area contributed by atoms with E-state index in [9.17, 15) is 5.11 Å². The van der Waals surface area contributed by atoms with Crippen molar-refractivity contribution >= 4 is 0 Å². The van der Waals surface area contributed by atoms with E-state index in [4.69, 9.17) is 19.9 Å². The monoisotopic (exact) mass is 437 g/mol. The molecule has 3 aromatic rings. The van der Waals surface area contributed by atoms with Gasteiger partial charge in [0.15, 0.2) is 0 Å². The lowest BCUT2D eigenvalue weighted by Gasteiger charge is -2.17. The zero-order valence-corrected chi connectivity index (χ0v) is 19.9. The van der Waals surface area contributed by atoms with Crippen LogP contribution >= 0.6 is 0 Å². The highest BCUT2D eigenvalue weighted by atomic mass is 16.5. The van der Waals surface area contributed by atoms with Gasteiger partial charge < -0.3 is 20.0 Å². The van der Waals surface area contributed by atoms with E-state index in [1.165, 1.54) is 5.56 Å². The van der Waals surface area contributed by atoms with Gasteiger partial charge in [0.25, 0.3) is 0 Å². The molecule has 3 rings (SSSR count). The molecule has 32 heavy (non-hydrogen) atoms. The van der Waals surface area contributed by atoms with Gasteiger partial charge in [-0.1, -0.05) is 27.7 Å². The van der Waals surface area contributed by atoms with Gasteiger partial charge >= 0.3 is 0 Å². The fourth-order valence-electron chi connectivity index (χ4n) is 3.92. The summed E-state index contributed by atoms with van der Waals surface area (Å²) < 4.78 is 12.1. The SMILES string of the molecule is CCc1cc(-c2nc(-c3cc(C)c(OCC(O)CN)c(CC)c3)c(CC)o2)cnc1CC. The summed E-state index contributed by atoms with van der Waals surface area (Å²) >= 11 is 0. The lowest BCUT2D eigenvalue weighted by molar-refractivity contribution is 0.113. The average Bonchev–Trinajstić information content (AvgIpc) is 3.26. The Hall–Kier alpha value is -2.70. The van der Waals surface area contributed by atoms with Crippen LogP contribution in [0.15, 0.2) is 28.8 Å². The summed E-state index contributed by atoms with van der Waals surface area (Å²) in [5.41, 5.74) is 12.7. The van der Waals surface area contributed by atoms with Crippen LogP contribution in [0.1, 0.15) is 55.8 Å². The number of benzene rings is 1. The minimum absolute atomic E-state index is 0.175. The van der Waals surface area contributed by atoms with Crippen molar-refractivity contribution in [1.29, 1.82) is 0 Å². The quantitative estimate of drug-likeness (QED) is 0.479. The van der Waals surface area contributed by atoms with Gasteiger partial charge in [-0.3, -0.25) is 4.98 Å². The molecule has 3 N–H and O–H groups in total. The van der Waals surface area contributed by atoms with Crippen molar-refractivity contribution in [3.05, 3.63) is 52.5 Å². The number of aryl methyl sites for hydroxylation is 5. The zero-order valence-electron chi connectivity index (χ0n) is 19.9. The molecule has 1 aromatic carbocycles. The van der Waals surface area contributed by atoms with Gasteiger partial charge in [-0.2, -0.15) is 0 Å². The predicted molar refractivity (Wildman–Crippen MR) is 128 cm³/mol. The zero-order chi connectivity index (χ0) is 23.3. The van der Waals surface area contributed by atoms with E-state index in [1.54, 1.807) is 0 Å². The fraction of sp³-hybridized carbons (Fsp3) is 0.462. The Bertz CT molecular complexity index is 1060. The van der Waals surface area contributed by atoms with Crippen molar-refractivity contribution in [1.82, 2.24) is 9.97 Å². The third-order valence-corrected chi connectivity index (χ3v) is 5.74. The lowest BCUT2D eigenvalue weighted by atomic mass is 10.00. The first-order valence-electron chi connectivity index (χ1n) is 11.6. The first-order valence-corrected chi connectivity index (χ1v) is 11.6. The maximum absolute atomic E-state index is 9.78. The van der Waals surface area contributed by atoms with Gasteiger partial charge in [-0.05, 0) is 61.1 Å². The van der Waals surface area contributed by atoms with E-state index in [0.29, 0.717) is 5.89 Å². The van der Waals surface area contributed by atoms with Crippen LogP contribution in [0.4, 0.5) is 0 Å². The van der Waals surface area contributed by atoms with Gasteiger partial charge in [0.05, 0.1) is 5.56 Å². The molecule has 0 aliphatic heterocycles. The number of oxazole rings is 1. The normalized spacial score (nSPS) is 12.2. The third kappa shape index (κ3) is 5.03. The smallest absolute Gasteiger partial charge is 0.228 e. The van der Waals surface area contributed by atoms with Crippen LogP contribution in [0, 0.1) is 6.92 Å². The number of aliphatic hydroxyl groups excluding tert-OH is 1. The average molecular weight is 438 g/mol. The minimum atomic E-state index is -0.677. The van der Waals surface area contributed by atoms with Crippen molar-refractivity contribution in [3.8, 4) is 28.5 Å². The minimum Gasteiger partial charge on any atom is -0.490 e. The van der Waals surface area contributed by atoms with Crippen molar-refractivity contribution in [3.63, 3.8) is 0 Å². The molecule has 1 unspecified atom stereocenters. The number of aromatic nitrogens is 2. The van der Waals surface area contributed by atoms with Crippen LogP contribution in [0.2, 0.25) is 0 Å². The Labute approximate surface area is 190 Å². The maximum atomic E-state index is 9.78. The van der Waals surface area contributed by atoms with E-state index >= 15 is 0 Å². The van der Waals surface area contributed by atoms with Gasteiger partial charge in [-0.15, -0.1) is 0 Å². The van der Waals surface area contributed by atoms with E-state index in [2.05, 4.69) is 50.9 Å². The molecule has 0 saturated carbocycles. The van der Waals surface area contributed by atoms with Crippen LogP contribution in [-0.2, 0) is 25.7 Å². The van der Waals surface area contributed by atoms with Crippen molar-refractivity contribution in [2.24, 2.45) is 5.73 Å². The third-order valence-electron chi connectivity index (χ3n) is 5.74. The molecule has 6 heteroatoms. The summed E-state index contributed by atoms with van der Waals surface area (Å²) in [6.45, 7) is 10.8. The highest BCUT2D eigenvalue weighted by Gasteiger charge is 2.19. The number of ether oxygens (including phenoxy) is 1. The number of aliphatic hydroxyl groups is 1. The maximum Gasteiger partial charge on any atom is 0.228 e. The highest BCUT2D eigenvalue weighted by Crippen LogP contribution is 2.35. The summed E-state index contributed by atoms with van der Waals surface area (Å²) in [6, 6.07) is 6.32. The number of hydrogen-bond acceptors (Lipinski definition) is 6. The predicted octanol–water partition coefficient (Wildman–Crippen LogP) is 4.66. The lowest BCUT2D eigenvalue weighted by Crippen LogP contribution is -2.27. The summed E-state index contributed by atoms with van der Waals surface area (Å²) in [4.78, 5) is 9.51. The Balaban J connectivity index is 2.01. The van der Waals surface area contributed by atoms with Gasteiger partial charge in [0.2, 0.25) is 5.89 Å². The Morgan fingerprint density at radius 2 is 1.72 bits per heavy atom. The van der Waals surface area contributed by atoms with Gasteiger partial charge in [0, 0.05) is 30.4 Å². The van der Waals surface area contributed by atoms with Crippen LogP contribution in [0.5, 0.6) is 5.75 Å². The Morgan fingerprint density at radius 1 is 1.00 bits per heavy atom. The second kappa shape index (κ2) is 10.7. The topological polar surface area (TPSA) is 94.4 Å². The standard InChI is InChI=1S/C26H35N3O3/c1-6-17-11-20(14-28-22(17)8-3)26-29-24(23(9-4)32-26)19-10-16(5)25(18(7-2)12-19)31-15-21(30)13-27/h10-12,14,21,30H,6-9,13,15,27H2,1-5H3. The van der Waals surface area contributed by atoms with Crippen LogP contribution in [0.3, 0.4) is 0 Å². The molecular formula is C26H35N3O3. The fourth-order valence-corrected chi connectivity index (χ4v) is 3.92. The molecule has 0 saturated heterocycles. The van der Waals surface area contributed by atoms with Crippen molar-refractivity contribution in [2.45, 2.75) is 66.4 Å². The number of hydrogen-bond donors (Lipinski definition) is 2. The summed E-state index contributed by atoms with van der Waals surface area (Å²) in [6.07, 6.45) is 4.56. The molecule has 6 nitrogen and oxygen atoms in total. The first kappa shape index (κ1) is 24.0. The molecule has 2 heterocycles. The molecule has 172 valence electrons. The Kier molecular flexibility index (Phi) is 8.04. The van der Waals surface area contributed by atoms with Crippen LogP contribution < -0.4 is 10.5 Å². The largest absolute Gasteiger partial charge is 0.490 e. The number of nitrogens with two attached hydrogens (primary N) is 1. The van der Waals surface area contributed by atoms with Gasteiger partial charge in [-0.25, -0.2) is 4.98 Å².